The number of aromatic carboxylic acids is 1. The minimum Gasteiger partial charge on any atom is -0.497 e. The molecule has 0 saturated heterocycles. The highest BCUT2D eigenvalue weighted by Gasteiger charge is 2.41. The van der Waals surface area contributed by atoms with Crippen molar-refractivity contribution in [1.29, 1.82) is 0 Å². The Morgan fingerprint density at radius 1 is 1.00 bits per heavy atom. The second-order valence-electron chi connectivity index (χ2n) is 5.93. The largest absolute Gasteiger partial charge is 0.497 e. The molecule has 2 amide bonds. The zero-order chi connectivity index (χ0) is 19.7. The predicted octanol–water partition coefficient (Wildman–Crippen LogP) is 2.21. The molecule has 2 aromatic carbocycles. The molecule has 0 fully saturated rings. The summed E-state index contributed by atoms with van der Waals surface area (Å²) in [6.45, 7) is 0. The van der Waals surface area contributed by atoms with Gasteiger partial charge in [0.25, 0.3) is 11.8 Å². The SMILES string of the molecule is COc1ccc(C(CC(=O)O)N2C(=O)c3ccc(C(=O)O)cc3C2=O)cc1. The van der Waals surface area contributed by atoms with Crippen molar-refractivity contribution >= 4 is 23.8 Å². The molecule has 0 spiro atoms. The maximum absolute atomic E-state index is 12.8. The molecule has 0 radical (unpaired) electrons. The van der Waals surface area contributed by atoms with Gasteiger partial charge < -0.3 is 14.9 Å². The number of rotatable bonds is 6. The number of benzene rings is 2. The Kier molecular flexibility index (Phi) is 4.64. The number of carboxylic acid groups (broad SMARTS) is 2. The summed E-state index contributed by atoms with van der Waals surface area (Å²) in [6, 6.07) is 8.96. The average Bonchev–Trinajstić information content (AvgIpc) is 2.90. The lowest BCUT2D eigenvalue weighted by molar-refractivity contribution is -0.138. The van der Waals surface area contributed by atoms with Gasteiger partial charge in [-0.2, -0.15) is 0 Å². The Balaban J connectivity index is 2.04. The smallest absolute Gasteiger partial charge is 0.335 e. The first kappa shape index (κ1) is 18.1. The van der Waals surface area contributed by atoms with Crippen LogP contribution in [0.5, 0.6) is 5.75 Å². The van der Waals surface area contributed by atoms with E-state index in [0.29, 0.717) is 11.3 Å². The Hall–Kier alpha value is -3.68. The molecule has 0 aliphatic carbocycles. The molecule has 1 heterocycles. The van der Waals surface area contributed by atoms with E-state index in [1.54, 1.807) is 24.3 Å². The summed E-state index contributed by atoms with van der Waals surface area (Å²) >= 11 is 0. The maximum atomic E-state index is 12.8. The van der Waals surface area contributed by atoms with E-state index in [0.717, 1.165) is 11.0 Å². The van der Waals surface area contributed by atoms with Crippen molar-refractivity contribution < 1.29 is 34.1 Å². The average molecular weight is 369 g/mol. The van der Waals surface area contributed by atoms with Crippen molar-refractivity contribution in [3.63, 3.8) is 0 Å². The normalized spacial score (nSPS) is 14.0. The Labute approximate surface area is 153 Å². The molecular weight excluding hydrogens is 354 g/mol. The van der Waals surface area contributed by atoms with Crippen LogP contribution in [0.25, 0.3) is 0 Å². The number of hydrogen-bond donors (Lipinski definition) is 2. The third-order valence-electron chi connectivity index (χ3n) is 4.35. The Morgan fingerprint density at radius 2 is 1.63 bits per heavy atom. The summed E-state index contributed by atoms with van der Waals surface area (Å²) < 4.78 is 5.06. The van der Waals surface area contributed by atoms with Crippen LogP contribution in [0.3, 0.4) is 0 Å². The van der Waals surface area contributed by atoms with E-state index in [4.69, 9.17) is 9.84 Å². The van der Waals surface area contributed by atoms with Gasteiger partial charge in [0.1, 0.15) is 5.75 Å². The van der Waals surface area contributed by atoms with Crippen molar-refractivity contribution in [2.45, 2.75) is 12.5 Å². The predicted molar refractivity (Wildman–Crippen MR) is 91.9 cm³/mol. The zero-order valence-corrected chi connectivity index (χ0v) is 14.2. The molecule has 8 heteroatoms. The third-order valence-corrected chi connectivity index (χ3v) is 4.35. The fourth-order valence-corrected chi connectivity index (χ4v) is 3.03. The van der Waals surface area contributed by atoms with Gasteiger partial charge in [-0.25, -0.2) is 4.79 Å². The first-order chi connectivity index (χ1) is 12.8. The number of imide groups is 1. The van der Waals surface area contributed by atoms with Gasteiger partial charge in [-0.05, 0) is 35.9 Å². The summed E-state index contributed by atoms with van der Waals surface area (Å²) in [7, 11) is 1.48. The topological polar surface area (TPSA) is 121 Å². The highest BCUT2D eigenvalue weighted by atomic mass is 16.5. The quantitative estimate of drug-likeness (QED) is 0.749. The summed E-state index contributed by atoms with van der Waals surface area (Å²) in [5.41, 5.74) is 0.319. The van der Waals surface area contributed by atoms with Gasteiger partial charge in [-0.1, -0.05) is 12.1 Å². The van der Waals surface area contributed by atoms with Crippen LogP contribution in [0.2, 0.25) is 0 Å². The van der Waals surface area contributed by atoms with E-state index in [1.165, 1.54) is 19.2 Å². The number of methoxy groups -OCH3 is 1. The van der Waals surface area contributed by atoms with Crippen LogP contribution < -0.4 is 4.74 Å². The van der Waals surface area contributed by atoms with Crippen LogP contribution in [-0.4, -0.2) is 46.0 Å². The van der Waals surface area contributed by atoms with Gasteiger partial charge in [0, 0.05) is 0 Å². The van der Waals surface area contributed by atoms with Crippen molar-refractivity contribution in [3.05, 3.63) is 64.7 Å². The summed E-state index contributed by atoms with van der Waals surface area (Å²) in [4.78, 5) is 48.9. The molecule has 1 atom stereocenters. The fraction of sp³-hybridized carbons (Fsp3) is 0.158. The summed E-state index contributed by atoms with van der Waals surface area (Å²) in [6.07, 6.45) is -0.483. The number of nitrogens with zero attached hydrogens (tertiary/aromatic N) is 1. The number of ether oxygens (including phenoxy) is 1. The molecule has 0 bridgehead atoms. The molecule has 1 unspecified atom stereocenters. The second kappa shape index (κ2) is 6.91. The molecule has 1 aliphatic heterocycles. The highest BCUT2D eigenvalue weighted by molar-refractivity contribution is 6.22. The molecule has 1 aliphatic rings. The van der Waals surface area contributed by atoms with Gasteiger partial charge in [0.15, 0.2) is 0 Å². The minimum atomic E-state index is -1.23. The zero-order valence-electron chi connectivity index (χ0n) is 14.2. The van der Waals surface area contributed by atoms with Crippen LogP contribution in [0, 0.1) is 0 Å². The van der Waals surface area contributed by atoms with E-state index >= 15 is 0 Å². The molecule has 138 valence electrons. The minimum absolute atomic E-state index is 0.0499. The molecule has 27 heavy (non-hydrogen) atoms. The second-order valence-corrected chi connectivity index (χ2v) is 5.93. The monoisotopic (exact) mass is 369 g/mol. The molecule has 0 saturated carbocycles. The van der Waals surface area contributed by atoms with Crippen molar-refractivity contribution in [1.82, 2.24) is 4.90 Å². The number of amides is 2. The van der Waals surface area contributed by atoms with Crippen LogP contribution in [0.4, 0.5) is 0 Å². The Bertz CT molecular complexity index is 949. The molecule has 8 nitrogen and oxygen atoms in total. The molecule has 2 aromatic rings. The molecular formula is C19H15NO7. The lowest BCUT2D eigenvalue weighted by Gasteiger charge is -2.25. The van der Waals surface area contributed by atoms with Crippen LogP contribution in [0.1, 0.15) is 49.1 Å². The van der Waals surface area contributed by atoms with Crippen molar-refractivity contribution in [3.8, 4) is 5.75 Å². The van der Waals surface area contributed by atoms with Crippen LogP contribution in [-0.2, 0) is 4.79 Å². The number of hydrogen-bond acceptors (Lipinski definition) is 5. The van der Waals surface area contributed by atoms with Crippen molar-refractivity contribution in [2.75, 3.05) is 7.11 Å². The lowest BCUT2D eigenvalue weighted by atomic mass is 10.0. The highest BCUT2D eigenvalue weighted by Crippen LogP contribution is 2.34. The number of carbonyl (C=O) groups excluding carboxylic acids is 2. The number of carbonyl (C=O) groups is 4. The molecule has 0 aromatic heterocycles. The van der Waals surface area contributed by atoms with Crippen LogP contribution in [0.15, 0.2) is 42.5 Å². The van der Waals surface area contributed by atoms with Gasteiger partial charge in [0.05, 0.1) is 36.3 Å². The van der Waals surface area contributed by atoms with E-state index in [2.05, 4.69) is 0 Å². The fourth-order valence-electron chi connectivity index (χ4n) is 3.03. The number of aliphatic carboxylic acids is 1. The van der Waals surface area contributed by atoms with Gasteiger partial charge in [-0.3, -0.25) is 19.3 Å². The van der Waals surface area contributed by atoms with E-state index in [9.17, 15) is 24.3 Å². The van der Waals surface area contributed by atoms with E-state index in [-0.39, 0.29) is 16.7 Å². The van der Waals surface area contributed by atoms with Gasteiger partial charge >= 0.3 is 11.9 Å². The van der Waals surface area contributed by atoms with Gasteiger partial charge in [0.2, 0.25) is 0 Å². The summed E-state index contributed by atoms with van der Waals surface area (Å²) in [5.74, 6) is -3.25. The number of fused-ring (bicyclic) bond motifs is 1. The Morgan fingerprint density at radius 3 is 2.19 bits per heavy atom. The number of carboxylic acids is 2. The van der Waals surface area contributed by atoms with E-state index < -0.39 is 36.2 Å². The maximum Gasteiger partial charge on any atom is 0.335 e. The van der Waals surface area contributed by atoms with E-state index in [1.807, 2.05) is 0 Å². The third kappa shape index (κ3) is 3.24. The van der Waals surface area contributed by atoms with Crippen LogP contribution >= 0.6 is 0 Å². The summed E-state index contributed by atoms with van der Waals surface area (Å²) in [5, 5.41) is 18.4. The standard InChI is InChI=1S/C19H15NO7/c1-27-12-5-2-10(3-6-12)15(9-16(21)22)20-17(23)13-7-4-11(19(25)26)8-14(13)18(20)24/h2-8,15H,9H2,1H3,(H,21,22)(H,25,26). The first-order valence-corrected chi connectivity index (χ1v) is 7.94. The molecule has 3 rings (SSSR count). The molecule has 2 N–H and O–H groups in total. The van der Waals surface area contributed by atoms with Crippen molar-refractivity contribution in [2.24, 2.45) is 0 Å². The van der Waals surface area contributed by atoms with Gasteiger partial charge in [-0.15, -0.1) is 0 Å². The first-order valence-electron chi connectivity index (χ1n) is 7.94. The lowest BCUT2D eigenvalue weighted by Crippen LogP contribution is -2.35.